The van der Waals surface area contributed by atoms with E-state index < -0.39 is 11.7 Å². The zero-order valence-electron chi connectivity index (χ0n) is 8.90. The largest absolute Gasteiger partial charge is 0.371 e. The van der Waals surface area contributed by atoms with E-state index in [9.17, 15) is 9.18 Å². The first-order chi connectivity index (χ1) is 8.22. The summed E-state index contributed by atoms with van der Waals surface area (Å²) in [6.07, 6.45) is 2.64. The number of aromatic nitrogens is 2. The van der Waals surface area contributed by atoms with Crippen LogP contribution >= 0.6 is 0 Å². The van der Waals surface area contributed by atoms with Gasteiger partial charge in [0.1, 0.15) is 6.26 Å². The Morgan fingerprint density at radius 1 is 1.47 bits per heavy atom. The molecule has 88 valence electrons. The van der Waals surface area contributed by atoms with Gasteiger partial charge in [-0.2, -0.15) is 0 Å². The average Bonchev–Trinajstić information content (AvgIpc) is 2.82. The van der Waals surface area contributed by atoms with E-state index in [4.69, 9.17) is 0 Å². The Morgan fingerprint density at radius 3 is 2.94 bits per heavy atom. The monoisotopic (exact) mass is 236 g/mol. The van der Waals surface area contributed by atoms with Crippen molar-refractivity contribution < 1.29 is 13.7 Å². The van der Waals surface area contributed by atoms with Crippen molar-refractivity contribution in [3.05, 3.63) is 36.0 Å². The van der Waals surface area contributed by atoms with Crippen LogP contribution in [0.3, 0.4) is 0 Å². The predicted octanol–water partition coefficient (Wildman–Crippen LogP) is 1.50. The number of nitrogens with one attached hydrogen (secondary N) is 2. The average molecular weight is 236 g/mol. The van der Waals surface area contributed by atoms with E-state index in [2.05, 4.69) is 25.3 Å². The molecule has 0 aromatic carbocycles. The molecule has 0 aliphatic heterocycles. The fourth-order valence-corrected chi connectivity index (χ4v) is 1.25. The molecule has 0 unspecified atom stereocenters. The molecule has 0 saturated carbocycles. The maximum Gasteiger partial charge on any atom is 0.260 e. The first-order valence-corrected chi connectivity index (χ1v) is 4.76. The van der Waals surface area contributed by atoms with E-state index in [1.807, 2.05) is 0 Å². The van der Waals surface area contributed by atoms with Crippen molar-refractivity contribution in [3.8, 4) is 0 Å². The molecule has 0 atom stereocenters. The minimum Gasteiger partial charge on any atom is -0.371 e. The summed E-state index contributed by atoms with van der Waals surface area (Å²) >= 11 is 0. The van der Waals surface area contributed by atoms with Gasteiger partial charge >= 0.3 is 0 Å². The number of anilines is 2. The Balaban J connectivity index is 2.25. The highest BCUT2D eigenvalue weighted by atomic mass is 19.1. The van der Waals surface area contributed by atoms with Crippen LogP contribution in [0.25, 0.3) is 0 Å². The molecule has 0 radical (unpaired) electrons. The van der Waals surface area contributed by atoms with Gasteiger partial charge in [0, 0.05) is 19.3 Å². The standard InChI is InChI=1S/C10H9FN4O2/c1-12-9-8(11)6(2-4-13-9)10(16)14-7-3-5-17-15-7/h2-5H,1H3,(H,12,13)(H,14,15,16). The Bertz CT molecular complexity index is 527. The van der Waals surface area contributed by atoms with Crippen molar-refractivity contribution in [1.82, 2.24) is 10.1 Å². The third kappa shape index (κ3) is 2.22. The van der Waals surface area contributed by atoms with Crippen LogP contribution in [-0.2, 0) is 0 Å². The van der Waals surface area contributed by atoms with Crippen molar-refractivity contribution >= 4 is 17.5 Å². The van der Waals surface area contributed by atoms with Crippen LogP contribution < -0.4 is 10.6 Å². The van der Waals surface area contributed by atoms with Gasteiger partial charge in [-0.15, -0.1) is 0 Å². The Morgan fingerprint density at radius 2 is 2.29 bits per heavy atom. The number of hydrogen-bond acceptors (Lipinski definition) is 5. The molecule has 0 saturated heterocycles. The highest BCUT2D eigenvalue weighted by Crippen LogP contribution is 2.15. The summed E-state index contributed by atoms with van der Waals surface area (Å²) in [5.74, 6) is -1.10. The summed E-state index contributed by atoms with van der Waals surface area (Å²) in [5, 5.41) is 8.43. The summed E-state index contributed by atoms with van der Waals surface area (Å²) in [6, 6.07) is 2.74. The van der Waals surface area contributed by atoms with E-state index in [1.54, 1.807) is 0 Å². The molecular formula is C10H9FN4O2. The molecule has 6 nitrogen and oxygen atoms in total. The molecule has 0 fully saturated rings. The second kappa shape index (κ2) is 4.60. The van der Waals surface area contributed by atoms with Gasteiger partial charge in [0.2, 0.25) is 0 Å². The lowest BCUT2D eigenvalue weighted by Gasteiger charge is -2.05. The summed E-state index contributed by atoms with van der Waals surface area (Å²) in [6.45, 7) is 0. The normalized spacial score (nSPS) is 10.0. The fraction of sp³-hybridized carbons (Fsp3) is 0.100. The van der Waals surface area contributed by atoms with Crippen molar-refractivity contribution in [3.63, 3.8) is 0 Å². The van der Waals surface area contributed by atoms with Crippen LogP contribution in [0.15, 0.2) is 29.1 Å². The van der Waals surface area contributed by atoms with E-state index in [0.717, 1.165) is 0 Å². The molecule has 7 heteroatoms. The molecule has 2 aromatic rings. The maximum absolute atomic E-state index is 13.7. The van der Waals surface area contributed by atoms with Crippen LogP contribution in [0, 0.1) is 5.82 Å². The quantitative estimate of drug-likeness (QED) is 0.844. The highest BCUT2D eigenvalue weighted by Gasteiger charge is 2.16. The number of hydrogen-bond donors (Lipinski definition) is 2. The Hall–Kier alpha value is -2.44. The number of halogens is 1. The lowest BCUT2D eigenvalue weighted by molar-refractivity contribution is 0.102. The first-order valence-electron chi connectivity index (χ1n) is 4.76. The molecule has 0 aliphatic carbocycles. The van der Waals surface area contributed by atoms with Gasteiger partial charge in [-0.25, -0.2) is 9.37 Å². The van der Waals surface area contributed by atoms with Crippen molar-refractivity contribution in [2.75, 3.05) is 17.7 Å². The van der Waals surface area contributed by atoms with Crippen molar-refractivity contribution in [2.24, 2.45) is 0 Å². The third-order valence-electron chi connectivity index (χ3n) is 2.05. The fourth-order valence-electron chi connectivity index (χ4n) is 1.25. The number of amides is 1. The zero-order chi connectivity index (χ0) is 12.3. The summed E-state index contributed by atoms with van der Waals surface area (Å²) in [4.78, 5) is 15.4. The molecule has 17 heavy (non-hydrogen) atoms. The summed E-state index contributed by atoms with van der Waals surface area (Å²) in [7, 11) is 1.52. The second-order valence-corrected chi connectivity index (χ2v) is 3.11. The molecule has 2 aromatic heterocycles. The minimum absolute atomic E-state index is 0.0119. The van der Waals surface area contributed by atoms with Crippen LogP contribution in [0.1, 0.15) is 10.4 Å². The summed E-state index contributed by atoms with van der Waals surface area (Å²) in [5.41, 5.74) is -0.118. The molecule has 2 N–H and O–H groups in total. The topological polar surface area (TPSA) is 80.0 Å². The number of pyridine rings is 1. The molecule has 0 spiro atoms. The highest BCUT2D eigenvalue weighted by molar-refractivity contribution is 6.04. The number of rotatable bonds is 3. The Kier molecular flexibility index (Phi) is 2.99. The van der Waals surface area contributed by atoms with Gasteiger partial charge in [0.25, 0.3) is 5.91 Å². The summed E-state index contributed by atoms with van der Waals surface area (Å²) < 4.78 is 18.3. The van der Waals surface area contributed by atoms with E-state index in [1.165, 1.54) is 31.6 Å². The molecular weight excluding hydrogens is 227 g/mol. The lowest BCUT2D eigenvalue weighted by atomic mass is 10.2. The third-order valence-corrected chi connectivity index (χ3v) is 2.05. The van der Waals surface area contributed by atoms with Crippen molar-refractivity contribution in [2.45, 2.75) is 0 Å². The number of nitrogens with zero attached hydrogens (tertiary/aromatic N) is 2. The maximum atomic E-state index is 13.7. The van der Waals surface area contributed by atoms with Gasteiger partial charge in [-0.1, -0.05) is 5.16 Å². The smallest absolute Gasteiger partial charge is 0.260 e. The van der Waals surface area contributed by atoms with Gasteiger partial charge in [0.05, 0.1) is 5.56 Å². The lowest BCUT2D eigenvalue weighted by Crippen LogP contribution is -2.15. The molecule has 1 amide bonds. The van der Waals surface area contributed by atoms with Crippen LogP contribution in [-0.4, -0.2) is 23.1 Å². The Labute approximate surface area is 95.8 Å². The molecule has 2 heterocycles. The van der Waals surface area contributed by atoms with Gasteiger partial charge in [-0.3, -0.25) is 4.79 Å². The first kappa shape index (κ1) is 11.1. The zero-order valence-corrected chi connectivity index (χ0v) is 8.90. The molecule has 0 aliphatic rings. The molecule has 2 rings (SSSR count). The predicted molar refractivity (Wildman–Crippen MR) is 58.2 cm³/mol. The second-order valence-electron chi connectivity index (χ2n) is 3.11. The minimum atomic E-state index is -0.712. The van der Waals surface area contributed by atoms with E-state index in [0.29, 0.717) is 0 Å². The van der Waals surface area contributed by atoms with Crippen LogP contribution in [0.4, 0.5) is 16.0 Å². The van der Waals surface area contributed by atoms with Crippen molar-refractivity contribution in [1.29, 1.82) is 0 Å². The molecule has 0 bridgehead atoms. The van der Waals surface area contributed by atoms with E-state index >= 15 is 0 Å². The van der Waals surface area contributed by atoms with Crippen LogP contribution in [0.5, 0.6) is 0 Å². The number of carbonyl (C=O) groups excluding carboxylic acids is 1. The van der Waals surface area contributed by atoms with Gasteiger partial charge in [-0.05, 0) is 6.07 Å². The number of carbonyl (C=O) groups is 1. The van der Waals surface area contributed by atoms with Gasteiger partial charge < -0.3 is 15.2 Å². The van der Waals surface area contributed by atoms with E-state index in [-0.39, 0.29) is 17.2 Å². The van der Waals surface area contributed by atoms with Gasteiger partial charge in [0.15, 0.2) is 17.5 Å². The SMILES string of the molecule is CNc1nccc(C(=O)Nc2ccon2)c1F. The van der Waals surface area contributed by atoms with Crippen LogP contribution in [0.2, 0.25) is 0 Å².